The van der Waals surface area contributed by atoms with Crippen molar-refractivity contribution in [1.82, 2.24) is 20.2 Å². The van der Waals surface area contributed by atoms with Crippen LogP contribution in [0.3, 0.4) is 0 Å². The molecule has 6 heteroatoms. The third-order valence-electron chi connectivity index (χ3n) is 2.51. The lowest BCUT2D eigenvalue weighted by molar-refractivity contribution is 0.392. The third-order valence-corrected chi connectivity index (χ3v) is 2.51. The number of methoxy groups -OCH3 is 1. The van der Waals surface area contributed by atoms with Crippen LogP contribution in [0.2, 0.25) is 0 Å². The predicted molar refractivity (Wildman–Crippen MR) is 63.5 cm³/mol. The minimum Gasteiger partial charge on any atom is -0.480 e. The Bertz CT molecular complexity index is 515. The zero-order valence-corrected chi connectivity index (χ0v) is 9.93. The highest BCUT2D eigenvalue weighted by molar-refractivity contribution is 5.54. The second-order valence-corrected chi connectivity index (χ2v) is 3.60. The maximum Gasteiger partial charge on any atom is 0.233 e. The zero-order valence-electron chi connectivity index (χ0n) is 9.93. The number of nitrogens with two attached hydrogens (primary N) is 1. The summed E-state index contributed by atoms with van der Waals surface area (Å²) in [5.74, 6) is 1.39. The molecule has 0 aliphatic carbocycles. The van der Waals surface area contributed by atoms with E-state index in [1.54, 1.807) is 12.1 Å². The summed E-state index contributed by atoms with van der Waals surface area (Å²) in [6.45, 7) is 3.77. The first kappa shape index (κ1) is 11.3. The van der Waals surface area contributed by atoms with Gasteiger partial charge < -0.3 is 10.5 Å². The summed E-state index contributed by atoms with van der Waals surface area (Å²) in [6.07, 6.45) is 0. The van der Waals surface area contributed by atoms with Gasteiger partial charge in [0.15, 0.2) is 5.82 Å². The molecule has 0 fully saturated rings. The van der Waals surface area contributed by atoms with Crippen molar-refractivity contribution in [2.24, 2.45) is 0 Å². The van der Waals surface area contributed by atoms with Crippen molar-refractivity contribution in [3.8, 4) is 17.4 Å². The van der Waals surface area contributed by atoms with Crippen LogP contribution in [0, 0.1) is 13.8 Å². The number of anilines is 1. The molecule has 6 nitrogen and oxygen atoms in total. The number of hydrogen-bond donors (Lipinski definition) is 1. The number of hydrogen-bond acceptors (Lipinski definition) is 6. The molecule has 2 aromatic rings. The van der Waals surface area contributed by atoms with Crippen LogP contribution in [0.25, 0.3) is 11.5 Å². The lowest BCUT2D eigenvalue weighted by Gasteiger charge is -2.06. The highest BCUT2D eigenvalue weighted by Gasteiger charge is 2.09. The Morgan fingerprint density at radius 1 is 1.12 bits per heavy atom. The molecule has 2 heterocycles. The van der Waals surface area contributed by atoms with E-state index in [4.69, 9.17) is 10.5 Å². The molecule has 88 valence electrons. The molecule has 2 N–H and O–H groups in total. The molecule has 0 amide bonds. The average molecular weight is 231 g/mol. The zero-order chi connectivity index (χ0) is 12.4. The van der Waals surface area contributed by atoms with E-state index in [0.717, 1.165) is 11.3 Å². The molecule has 0 saturated heterocycles. The molecule has 0 aromatic carbocycles. The fourth-order valence-electron chi connectivity index (χ4n) is 1.31. The molecule has 0 atom stereocenters. The van der Waals surface area contributed by atoms with Gasteiger partial charge in [0.1, 0.15) is 11.5 Å². The van der Waals surface area contributed by atoms with E-state index in [1.807, 2.05) is 13.8 Å². The van der Waals surface area contributed by atoms with Crippen molar-refractivity contribution in [3.05, 3.63) is 23.4 Å². The summed E-state index contributed by atoms with van der Waals surface area (Å²) >= 11 is 0. The molecular weight excluding hydrogens is 218 g/mol. The van der Waals surface area contributed by atoms with Gasteiger partial charge in [-0.05, 0) is 19.9 Å². The van der Waals surface area contributed by atoms with E-state index in [9.17, 15) is 0 Å². The van der Waals surface area contributed by atoms with Gasteiger partial charge in [-0.15, -0.1) is 10.2 Å². The minimum atomic E-state index is 0.450. The van der Waals surface area contributed by atoms with Gasteiger partial charge in [-0.2, -0.15) is 0 Å². The van der Waals surface area contributed by atoms with Crippen LogP contribution in [-0.4, -0.2) is 27.3 Å². The molecule has 0 saturated carbocycles. The van der Waals surface area contributed by atoms with Crippen molar-refractivity contribution in [1.29, 1.82) is 0 Å². The van der Waals surface area contributed by atoms with Crippen LogP contribution in [-0.2, 0) is 0 Å². The van der Waals surface area contributed by atoms with Gasteiger partial charge in [-0.25, -0.2) is 9.97 Å². The Morgan fingerprint density at radius 2 is 1.88 bits per heavy atom. The van der Waals surface area contributed by atoms with Crippen molar-refractivity contribution in [2.75, 3.05) is 12.8 Å². The first-order valence-electron chi connectivity index (χ1n) is 5.10. The largest absolute Gasteiger partial charge is 0.480 e. The van der Waals surface area contributed by atoms with Crippen LogP contribution in [0.15, 0.2) is 12.1 Å². The van der Waals surface area contributed by atoms with E-state index < -0.39 is 0 Å². The Kier molecular flexibility index (Phi) is 2.86. The summed E-state index contributed by atoms with van der Waals surface area (Å²) in [5, 5.41) is 7.84. The van der Waals surface area contributed by atoms with Crippen molar-refractivity contribution < 1.29 is 4.74 Å². The molecule has 0 bridgehead atoms. The summed E-state index contributed by atoms with van der Waals surface area (Å²) in [4.78, 5) is 8.51. The van der Waals surface area contributed by atoms with Crippen LogP contribution in [0.1, 0.15) is 11.3 Å². The van der Waals surface area contributed by atoms with Gasteiger partial charge in [-0.3, -0.25) is 0 Å². The smallest absolute Gasteiger partial charge is 0.233 e. The summed E-state index contributed by atoms with van der Waals surface area (Å²) < 4.78 is 4.93. The van der Waals surface area contributed by atoms with Gasteiger partial charge in [0, 0.05) is 17.3 Å². The highest BCUT2D eigenvalue weighted by atomic mass is 16.5. The maximum atomic E-state index is 5.79. The maximum absolute atomic E-state index is 5.79. The molecule has 0 aliphatic rings. The molecule has 2 rings (SSSR count). The van der Waals surface area contributed by atoms with Crippen molar-refractivity contribution >= 4 is 5.82 Å². The molecule has 17 heavy (non-hydrogen) atoms. The second-order valence-electron chi connectivity index (χ2n) is 3.60. The van der Waals surface area contributed by atoms with E-state index in [2.05, 4.69) is 20.2 Å². The first-order chi connectivity index (χ1) is 8.11. The van der Waals surface area contributed by atoms with Gasteiger partial charge in [0.2, 0.25) is 5.88 Å². The Labute approximate surface area is 98.9 Å². The number of aromatic nitrogens is 4. The predicted octanol–water partition coefficient (Wildman–Crippen LogP) is 1.14. The van der Waals surface area contributed by atoms with Gasteiger partial charge >= 0.3 is 0 Å². The topological polar surface area (TPSA) is 86.8 Å². The lowest BCUT2D eigenvalue weighted by atomic mass is 10.2. The fraction of sp³-hybridized carbons (Fsp3) is 0.273. The molecule has 0 aliphatic heterocycles. The Morgan fingerprint density at radius 3 is 2.41 bits per heavy atom. The number of aryl methyl sites for hydroxylation is 1. The number of nitrogens with zero attached hydrogens (tertiary/aromatic N) is 4. The van der Waals surface area contributed by atoms with Gasteiger partial charge in [-0.1, -0.05) is 0 Å². The third kappa shape index (κ3) is 2.15. The highest BCUT2D eigenvalue weighted by Crippen LogP contribution is 2.18. The lowest BCUT2D eigenvalue weighted by Crippen LogP contribution is -2.03. The first-order valence-corrected chi connectivity index (χ1v) is 5.10. The minimum absolute atomic E-state index is 0.450. The van der Waals surface area contributed by atoms with E-state index in [-0.39, 0.29) is 0 Å². The van der Waals surface area contributed by atoms with Crippen LogP contribution < -0.4 is 10.5 Å². The van der Waals surface area contributed by atoms with Crippen molar-refractivity contribution in [2.45, 2.75) is 13.8 Å². The molecule has 0 unspecified atom stereocenters. The Hall–Kier alpha value is -2.24. The average Bonchev–Trinajstić information content (AvgIpc) is 2.35. The second kappa shape index (κ2) is 4.32. The van der Waals surface area contributed by atoms with Crippen LogP contribution >= 0.6 is 0 Å². The molecule has 0 spiro atoms. The monoisotopic (exact) mass is 231 g/mol. The van der Waals surface area contributed by atoms with Crippen molar-refractivity contribution in [3.63, 3.8) is 0 Å². The number of rotatable bonds is 2. The molecule has 2 aromatic heterocycles. The van der Waals surface area contributed by atoms with Gasteiger partial charge in [0.25, 0.3) is 0 Å². The molecular formula is C11H13N5O. The summed E-state index contributed by atoms with van der Waals surface area (Å²) in [7, 11) is 1.54. The Balaban J connectivity index is 2.45. The normalized spacial score (nSPS) is 10.3. The standard InChI is InChI=1S/C11H13N5O/c1-6-7(2)13-11(14-10(6)12)8-4-5-9(17-3)16-15-8/h4-5H,1-3H3,(H2,12,13,14). The SMILES string of the molecule is COc1ccc(-c2nc(C)c(C)c(N)n2)nn1. The van der Waals surface area contributed by atoms with Gasteiger partial charge in [0.05, 0.1) is 7.11 Å². The van der Waals surface area contributed by atoms with E-state index in [0.29, 0.717) is 23.2 Å². The van der Waals surface area contributed by atoms with Crippen LogP contribution in [0.5, 0.6) is 5.88 Å². The number of ether oxygens (including phenoxy) is 1. The quantitative estimate of drug-likeness (QED) is 0.834. The van der Waals surface area contributed by atoms with E-state index in [1.165, 1.54) is 7.11 Å². The van der Waals surface area contributed by atoms with E-state index >= 15 is 0 Å². The summed E-state index contributed by atoms with van der Waals surface area (Å²) in [6, 6.07) is 3.45. The van der Waals surface area contributed by atoms with Crippen LogP contribution in [0.4, 0.5) is 5.82 Å². The molecule has 0 radical (unpaired) electrons. The number of nitrogen functional groups attached to an aromatic ring is 1. The fourth-order valence-corrected chi connectivity index (χ4v) is 1.31. The summed E-state index contributed by atoms with van der Waals surface area (Å²) in [5.41, 5.74) is 8.08.